The number of hydrogen-bond donors (Lipinski definition) is 1. The van der Waals surface area contributed by atoms with Gasteiger partial charge in [0.1, 0.15) is 0 Å². The van der Waals surface area contributed by atoms with Crippen molar-refractivity contribution in [2.75, 3.05) is 11.9 Å². The number of nitrogens with one attached hydrogen (secondary N) is 1. The van der Waals surface area contributed by atoms with Crippen LogP contribution in [0.4, 0.5) is 17.6 Å². The van der Waals surface area contributed by atoms with Crippen molar-refractivity contribution in [1.29, 1.82) is 0 Å². The fraction of sp³-hybridized carbons (Fsp3) is 0.778. The molecule has 0 aromatic carbocycles. The first-order valence-corrected chi connectivity index (χ1v) is 5.71. The minimum absolute atomic E-state index is 0.0128. The van der Waals surface area contributed by atoms with Crippen LogP contribution in [0, 0.1) is 5.41 Å². The summed E-state index contributed by atoms with van der Waals surface area (Å²) in [5.74, 6) is -7.16. The zero-order valence-corrected chi connectivity index (χ0v) is 10.8. The minimum atomic E-state index is -4.74. The third-order valence-corrected chi connectivity index (χ3v) is 2.65. The highest BCUT2D eigenvalue weighted by molar-refractivity contribution is 9.09. The monoisotopic (exact) mass is 321 g/mol. The van der Waals surface area contributed by atoms with Crippen LogP contribution in [0.3, 0.4) is 0 Å². The van der Waals surface area contributed by atoms with E-state index in [0.29, 0.717) is 0 Å². The van der Waals surface area contributed by atoms with E-state index in [4.69, 9.17) is 0 Å². The molecule has 0 saturated carbocycles. The highest BCUT2D eigenvalue weighted by Crippen LogP contribution is 2.23. The highest BCUT2D eigenvalue weighted by Gasteiger charge is 2.49. The van der Waals surface area contributed by atoms with E-state index in [1.807, 2.05) is 0 Å². The molecule has 0 fully saturated rings. The first-order chi connectivity index (χ1) is 7.55. The number of halogens is 5. The number of carbonyl (C=O) groups is 2. The van der Waals surface area contributed by atoms with E-state index in [9.17, 15) is 27.2 Å². The first kappa shape index (κ1) is 16.3. The Kier molecular flexibility index (Phi) is 5.57. The maximum Gasteiger partial charge on any atom is 0.383 e. The fourth-order valence-electron chi connectivity index (χ4n) is 0.798. The molecule has 0 atom stereocenters. The zero-order valence-electron chi connectivity index (χ0n) is 9.20. The van der Waals surface area contributed by atoms with Gasteiger partial charge >= 0.3 is 12.3 Å². The van der Waals surface area contributed by atoms with Crippen molar-refractivity contribution < 1.29 is 27.2 Å². The Bertz CT molecular complexity index is 307. The van der Waals surface area contributed by atoms with Crippen LogP contribution in [0.15, 0.2) is 0 Å². The Labute approximate surface area is 104 Å². The first-order valence-electron chi connectivity index (χ1n) is 4.59. The van der Waals surface area contributed by atoms with Crippen molar-refractivity contribution in [3.8, 4) is 0 Å². The normalized spacial score (nSPS) is 12.7. The van der Waals surface area contributed by atoms with Crippen LogP contribution in [0.25, 0.3) is 0 Å². The van der Waals surface area contributed by atoms with Gasteiger partial charge in [0.15, 0.2) is 5.78 Å². The van der Waals surface area contributed by atoms with Gasteiger partial charge in [-0.1, -0.05) is 29.8 Å². The number of Topliss-reactive ketones (excluding diaryl/α,β-unsaturated/α-hetero) is 1. The molecule has 0 rings (SSSR count). The second-order valence-electron chi connectivity index (χ2n) is 4.05. The molecule has 0 aliphatic carbocycles. The molecule has 0 radical (unpaired) electrons. The Morgan fingerprint density at radius 1 is 1.29 bits per heavy atom. The predicted octanol–water partition coefficient (Wildman–Crippen LogP) is 1.99. The van der Waals surface area contributed by atoms with Gasteiger partial charge in [0.2, 0.25) is 0 Å². The van der Waals surface area contributed by atoms with E-state index >= 15 is 0 Å². The molecule has 0 bridgehead atoms. The van der Waals surface area contributed by atoms with Crippen molar-refractivity contribution in [2.45, 2.75) is 26.2 Å². The molecule has 17 heavy (non-hydrogen) atoms. The lowest BCUT2D eigenvalue weighted by Crippen LogP contribution is -2.49. The highest BCUT2D eigenvalue weighted by atomic mass is 79.9. The second kappa shape index (κ2) is 5.79. The number of rotatable bonds is 6. The van der Waals surface area contributed by atoms with Crippen LogP contribution in [-0.2, 0) is 9.59 Å². The third kappa shape index (κ3) is 4.25. The Morgan fingerprint density at radius 3 is 2.12 bits per heavy atom. The van der Waals surface area contributed by atoms with Crippen LogP contribution < -0.4 is 5.32 Å². The standard InChI is InChI=1S/C9H12BrF4NO2/c1-8(2,5(16)3-10)4-15-7(17)9(13,14)6(11)12/h6H,3-4H2,1-2H3,(H,15,17). The Hall–Kier alpha value is -0.660. The molecule has 3 nitrogen and oxygen atoms in total. The second-order valence-corrected chi connectivity index (χ2v) is 4.61. The molecular formula is C9H12BrF4NO2. The van der Waals surface area contributed by atoms with Gasteiger partial charge in [0, 0.05) is 12.0 Å². The van der Waals surface area contributed by atoms with E-state index in [1.54, 1.807) is 5.32 Å². The van der Waals surface area contributed by atoms with Crippen LogP contribution in [-0.4, -0.2) is 35.9 Å². The zero-order chi connectivity index (χ0) is 13.9. The Morgan fingerprint density at radius 2 is 1.76 bits per heavy atom. The van der Waals surface area contributed by atoms with Crippen molar-refractivity contribution in [3.05, 3.63) is 0 Å². The van der Waals surface area contributed by atoms with Gasteiger partial charge in [-0.15, -0.1) is 0 Å². The van der Waals surface area contributed by atoms with E-state index < -0.39 is 30.2 Å². The van der Waals surface area contributed by atoms with Gasteiger partial charge in [-0.05, 0) is 0 Å². The van der Waals surface area contributed by atoms with Gasteiger partial charge in [0.25, 0.3) is 5.91 Å². The van der Waals surface area contributed by atoms with E-state index in [2.05, 4.69) is 15.9 Å². The summed E-state index contributed by atoms with van der Waals surface area (Å²) in [6.45, 7) is 2.40. The summed E-state index contributed by atoms with van der Waals surface area (Å²) in [6.07, 6.45) is -4.07. The lowest BCUT2D eigenvalue weighted by Gasteiger charge is -2.24. The molecular weight excluding hydrogens is 310 g/mol. The van der Waals surface area contributed by atoms with Crippen molar-refractivity contribution in [2.24, 2.45) is 5.41 Å². The molecule has 0 spiro atoms. The summed E-state index contributed by atoms with van der Waals surface area (Å²) in [4.78, 5) is 22.1. The lowest BCUT2D eigenvalue weighted by molar-refractivity contribution is -0.169. The van der Waals surface area contributed by atoms with Gasteiger partial charge in [-0.25, -0.2) is 8.78 Å². The van der Waals surface area contributed by atoms with Gasteiger partial charge in [-0.3, -0.25) is 9.59 Å². The SMILES string of the molecule is CC(C)(CNC(=O)C(F)(F)C(F)F)C(=O)CBr. The summed E-state index contributed by atoms with van der Waals surface area (Å²) in [6, 6.07) is 0. The number of carbonyl (C=O) groups excluding carboxylic acids is 2. The van der Waals surface area contributed by atoms with Crippen LogP contribution in [0.2, 0.25) is 0 Å². The number of ketones is 1. The fourth-order valence-corrected chi connectivity index (χ4v) is 1.56. The van der Waals surface area contributed by atoms with Gasteiger partial charge in [0.05, 0.1) is 5.33 Å². The molecule has 0 aliphatic heterocycles. The summed E-state index contributed by atoms with van der Waals surface area (Å²) in [7, 11) is 0. The summed E-state index contributed by atoms with van der Waals surface area (Å²) in [5.41, 5.74) is -1.10. The van der Waals surface area contributed by atoms with Crippen LogP contribution in [0.1, 0.15) is 13.8 Å². The van der Waals surface area contributed by atoms with Crippen molar-refractivity contribution >= 4 is 27.6 Å². The molecule has 0 saturated heterocycles. The summed E-state index contributed by atoms with van der Waals surface area (Å²) < 4.78 is 48.7. The van der Waals surface area contributed by atoms with Gasteiger partial charge < -0.3 is 5.32 Å². The molecule has 0 aromatic heterocycles. The Balaban J connectivity index is 4.50. The molecule has 0 heterocycles. The number of alkyl halides is 5. The smallest absolute Gasteiger partial charge is 0.350 e. The number of hydrogen-bond acceptors (Lipinski definition) is 2. The topological polar surface area (TPSA) is 46.2 Å². The number of amides is 1. The predicted molar refractivity (Wildman–Crippen MR) is 56.5 cm³/mol. The average Bonchev–Trinajstić information content (AvgIpc) is 2.24. The van der Waals surface area contributed by atoms with Crippen molar-refractivity contribution in [1.82, 2.24) is 5.32 Å². The minimum Gasteiger partial charge on any atom is -0.350 e. The van der Waals surface area contributed by atoms with E-state index in [0.717, 1.165) is 0 Å². The van der Waals surface area contributed by atoms with Crippen molar-refractivity contribution in [3.63, 3.8) is 0 Å². The van der Waals surface area contributed by atoms with Crippen LogP contribution >= 0.6 is 15.9 Å². The molecule has 0 aromatic rings. The van der Waals surface area contributed by atoms with E-state index in [1.165, 1.54) is 13.8 Å². The summed E-state index contributed by atoms with van der Waals surface area (Å²) >= 11 is 2.89. The van der Waals surface area contributed by atoms with E-state index in [-0.39, 0.29) is 11.1 Å². The van der Waals surface area contributed by atoms with Gasteiger partial charge in [-0.2, -0.15) is 8.78 Å². The maximum absolute atomic E-state index is 12.5. The molecule has 0 aliphatic rings. The molecule has 8 heteroatoms. The maximum atomic E-state index is 12.5. The molecule has 1 amide bonds. The molecule has 1 N–H and O–H groups in total. The summed E-state index contributed by atoms with van der Waals surface area (Å²) in [5, 5.41) is 1.64. The average molecular weight is 322 g/mol. The lowest BCUT2D eigenvalue weighted by atomic mass is 9.89. The molecule has 0 unspecified atom stereocenters. The van der Waals surface area contributed by atoms with Crippen LogP contribution in [0.5, 0.6) is 0 Å². The third-order valence-electron chi connectivity index (χ3n) is 2.14. The largest absolute Gasteiger partial charge is 0.383 e. The molecule has 100 valence electrons. The quantitative estimate of drug-likeness (QED) is 0.600.